The van der Waals surface area contributed by atoms with Crippen LogP contribution < -0.4 is 10.1 Å². The fraction of sp³-hybridized carbons (Fsp3) is 0.136. The van der Waals surface area contributed by atoms with Crippen LogP contribution in [0, 0.1) is 5.82 Å². The van der Waals surface area contributed by atoms with Crippen molar-refractivity contribution in [2.24, 2.45) is 0 Å². The van der Waals surface area contributed by atoms with Crippen LogP contribution in [-0.2, 0) is 15.1 Å². The number of carbonyl (C=O) groups excluding carboxylic acids is 1. The maximum Gasteiger partial charge on any atom is 0.335 e. The molecule has 0 spiro atoms. The zero-order valence-corrected chi connectivity index (χ0v) is 15.8. The largest absolute Gasteiger partial charge is 0.479 e. The van der Waals surface area contributed by atoms with E-state index in [-0.39, 0.29) is 11.5 Å². The molecule has 3 aromatic rings. The lowest BCUT2D eigenvalue weighted by atomic mass is 9.96. The summed E-state index contributed by atoms with van der Waals surface area (Å²) in [5, 5.41) is 12.0. The average Bonchev–Trinajstić information content (AvgIpc) is 2.70. The van der Waals surface area contributed by atoms with Crippen molar-refractivity contribution in [3.63, 3.8) is 0 Å². The number of nitrogens with zero attached hydrogens (tertiary/aromatic N) is 1. The van der Waals surface area contributed by atoms with E-state index in [1.54, 1.807) is 42.5 Å². The molecule has 0 saturated carbocycles. The number of nitrogens with one attached hydrogen (secondary N) is 1. The standard InChI is InChI=1S/C22H19FN2O4/c1-14(26)25-22(2,21(27)28)20-5-3-4-19(24-20)15-6-10-17(11-7-15)29-18-12-8-16(23)9-13-18/h3-13H,1-2H3,(H,25,26)(H,27,28). The SMILES string of the molecule is CC(=O)NC(C)(C(=O)O)c1cccc(-c2ccc(Oc3ccc(F)cc3)cc2)n1. The zero-order valence-electron chi connectivity index (χ0n) is 15.8. The molecule has 0 radical (unpaired) electrons. The van der Waals surface area contributed by atoms with Gasteiger partial charge in [0.25, 0.3) is 0 Å². The second-order valence-electron chi connectivity index (χ2n) is 6.60. The number of aromatic nitrogens is 1. The molecule has 7 heteroatoms. The van der Waals surface area contributed by atoms with Gasteiger partial charge >= 0.3 is 5.97 Å². The maximum atomic E-state index is 13.0. The number of pyridine rings is 1. The predicted molar refractivity (Wildman–Crippen MR) is 105 cm³/mol. The molecule has 148 valence electrons. The van der Waals surface area contributed by atoms with Crippen molar-refractivity contribution in [2.75, 3.05) is 0 Å². The molecule has 3 rings (SSSR count). The van der Waals surface area contributed by atoms with Gasteiger partial charge < -0.3 is 15.2 Å². The second kappa shape index (κ2) is 8.10. The third kappa shape index (κ3) is 4.57. The van der Waals surface area contributed by atoms with Gasteiger partial charge in [-0.3, -0.25) is 4.79 Å². The summed E-state index contributed by atoms with van der Waals surface area (Å²) >= 11 is 0. The predicted octanol–water partition coefficient (Wildman–Crippen LogP) is 4.12. The van der Waals surface area contributed by atoms with E-state index in [2.05, 4.69) is 10.3 Å². The molecule has 0 fully saturated rings. The highest BCUT2D eigenvalue weighted by molar-refractivity contribution is 5.86. The summed E-state index contributed by atoms with van der Waals surface area (Å²) in [6, 6.07) is 17.7. The first-order valence-corrected chi connectivity index (χ1v) is 8.81. The monoisotopic (exact) mass is 394 g/mol. The fourth-order valence-corrected chi connectivity index (χ4v) is 2.79. The Kier molecular flexibility index (Phi) is 5.59. The van der Waals surface area contributed by atoms with E-state index in [0.29, 0.717) is 17.2 Å². The first kappa shape index (κ1) is 20.0. The van der Waals surface area contributed by atoms with Crippen molar-refractivity contribution >= 4 is 11.9 Å². The van der Waals surface area contributed by atoms with E-state index in [9.17, 15) is 19.1 Å². The molecule has 0 bridgehead atoms. The first-order valence-electron chi connectivity index (χ1n) is 8.81. The molecule has 0 aliphatic heterocycles. The molecule has 1 aromatic heterocycles. The number of amides is 1. The Labute approximate surface area is 167 Å². The van der Waals surface area contributed by atoms with E-state index in [4.69, 9.17) is 4.74 Å². The van der Waals surface area contributed by atoms with Crippen molar-refractivity contribution in [2.45, 2.75) is 19.4 Å². The van der Waals surface area contributed by atoms with Crippen LogP contribution in [0.25, 0.3) is 11.3 Å². The Bertz CT molecular complexity index is 1040. The van der Waals surface area contributed by atoms with Crippen LogP contribution in [0.15, 0.2) is 66.7 Å². The Morgan fingerprint density at radius 3 is 2.14 bits per heavy atom. The van der Waals surface area contributed by atoms with Crippen molar-refractivity contribution in [1.82, 2.24) is 10.3 Å². The number of hydrogen-bond donors (Lipinski definition) is 2. The summed E-state index contributed by atoms with van der Waals surface area (Å²) < 4.78 is 18.6. The fourth-order valence-electron chi connectivity index (χ4n) is 2.79. The number of halogens is 1. The summed E-state index contributed by atoms with van der Waals surface area (Å²) in [4.78, 5) is 27.6. The van der Waals surface area contributed by atoms with Gasteiger partial charge in [0.15, 0.2) is 5.54 Å². The quantitative estimate of drug-likeness (QED) is 0.657. The minimum atomic E-state index is -1.65. The van der Waals surface area contributed by atoms with E-state index >= 15 is 0 Å². The number of rotatable bonds is 6. The molecule has 6 nitrogen and oxygen atoms in total. The molecule has 0 aliphatic carbocycles. The molecule has 1 amide bonds. The number of ether oxygens (including phenoxy) is 1. The second-order valence-corrected chi connectivity index (χ2v) is 6.60. The van der Waals surface area contributed by atoms with Crippen molar-refractivity contribution in [3.8, 4) is 22.8 Å². The van der Waals surface area contributed by atoms with Gasteiger partial charge in [0.2, 0.25) is 5.91 Å². The summed E-state index contributed by atoms with van der Waals surface area (Å²) in [6.45, 7) is 2.65. The lowest BCUT2D eigenvalue weighted by molar-refractivity contribution is -0.147. The number of carboxylic acids is 1. The van der Waals surface area contributed by atoms with Crippen molar-refractivity contribution in [1.29, 1.82) is 0 Å². The van der Waals surface area contributed by atoms with Crippen LogP contribution in [0.4, 0.5) is 4.39 Å². The Morgan fingerprint density at radius 2 is 1.59 bits per heavy atom. The molecular weight excluding hydrogens is 375 g/mol. The summed E-state index contributed by atoms with van der Waals surface area (Å²) in [6.07, 6.45) is 0. The highest BCUT2D eigenvalue weighted by Gasteiger charge is 2.37. The average molecular weight is 394 g/mol. The maximum absolute atomic E-state index is 13.0. The third-order valence-electron chi connectivity index (χ3n) is 4.31. The third-order valence-corrected chi connectivity index (χ3v) is 4.31. The summed E-state index contributed by atoms with van der Waals surface area (Å²) in [7, 11) is 0. The number of aliphatic carboxylic acids is 1. The van der Waals surface area contributed by atoms with Gasteiger partial charge in [-0.2, -0.15) is 0 Å². The summed E-state index contributed by atoms with van der Waals surface area (Å²) in [5.41, 5.74) is -0.139. The number of carboxylic acid groups (broad SMARTS) is 1. The molecule has 0 aliphatic rings. The normalized spacial score (nSPS) is 12.7. The van der Waals surface area contributed by atoms with E-state index < -0.39 is 17.4 Å². The van der Waals surface area contributed by atoms with Crippen LogP contribution in [0.5, 0.6) is 11.5 Å². The van der Waals surface area contributed by atoms with Crippen LogP contribution in [-0.4, -0.2) is 22.0 Å². The molecule has 1 atom stereocenters. The van der Waals surface area contributed by atoms with Crippen LogP contribution in [0.2, 0.25) is 0 Å². The van der Waals surface area contributed by atoms with E-state index in [0.717, 1.165) is 5.56 Å². The molecular formula is C22H19FN2O4. The highest BCUT2D eigenvalue weighted by Crippen LogP contribution is 2.27. The number of carbonyl (C=O) groups is 2. The smallest absolute Gasteiger partial charge is 0.335 e. The first-order chi connectivity index (χ1) is 13.8. The Balaban J connectivity index is 1.85. The number of benzene rings is 2. The minimum Gasteiger partial charge on any atom is -0.479 e. The Hall–Kier alpha value is -3.74. The van der Waals surface area contributed by atoms with E-state index in [1.807, 2.05) is 0 Å². The van der Waals surface area contributed by atoms with Gasteiger partial charge in [-0.15, -0.1) is 0 Å². The zero-order chi connectivity index (χ0) is 21.0. The lowest BCUT2D eigenvalue weighted by Crippen LogP contribution is -2.49. The lowest BCUT2D eigenvalue weighted by Gasteiger charge is -2.25. The molecule has 29 heavy (non-hydrogen) atoms. The highest BCUT2D eigenvalue weighted by atomic mass is 19.1. The van der Waals surface area contributed by atoms with Crippen LogP contribution in [0.1, 0.15) is 19.5 Å². The van der Waals surface area contributed by atoms with E-state index in [1.165, 1.54) is 38.1 Å². The summed E-state index contributed by atoms with van der Waals surface area (Å²) in [5.74, 6) is -0.951. The van der Waals surface area contributed by atoms with Crippen LogP contribution >= 0.6 is 0 Å². The minimum absolute atomic E-state index is 0.212. The molecule has 1 heterocycles. The van der Waals surface area contributed by atoms with Crippen molar-refractivity contribution < 1.29 is 23.8 Å². The molecule has 1 unspecified atom stereocenters. The molecule has 2 aromatic carbocycles. The van der Waals surface area contributed by atoms with Gasteiger partial charge in [0, 0.05) is 12.5 Å². The van der Waals surface area contributed by atoms with Crippen LogP contribution in [0.3, 0.4) is 0 Å². The molecule has 2 N–H and O–H groups in total. The van der Waals surface area contributed by atoms with Gasteiger partial charge in [-0.1, -0.05) is 6.07 Å². The van der Waals surface area contributed by atoms with Gasteiger partial charge in [-0.05, 0) is 67.6 Å². The van der Waals surface area contributed by atoms with Gasteiger partial charge in [0.05, 0.1) is 11.4 Å². The number of hydrogen-bond acceptors (Lipinski definition) is 4. The Morgan fingerprint density at radius 1 is 1.00 bits per heavy atom. The van der Waals surface area contributed by atoms with Gasteiger partial charge in [0.1, 0.15) is 17.3 Å². The van der Waals surface area contributed by atoms with Gasteiger partial charge in [-0.25, -0.2) is 14.2 Å². The van der Waals surface area contributed by atoms with Crippen molar-refractivity contribution in [3.05, 3.63) is 78.2 Å². The topological polar surface area (TPSA) is 88.5 Å². The molecule has 0 saturated heterocycles.